The van der Waals surface area contributed by atoms with Crippen molar-refractivity contribution in [2.24, 2.45) is 0 Å². The number of piperazine rings is 1. The maximum Gasteiger partial charge on any atom is 0.161 e. The van der Waals surface area contributed by atoms with Gasteiger partial charge < -0.3 is 5.32 Å². The average molecular weight is 331 g/mol. The monoisotopic (exact) mass is 331 g/mol. The summed E-state index contributed by atoms with van der Waals surface area (Å²) in [6.07, 6.45) is 1.78. The molecule has 0 aliphatic carbocycles. The molecule has 3 heterocycles. The van der Waals surface area contributed by atoms with Crippen LogP contribution in [0.25, 0.3) is 11.0 Å². The highest BCUT2D eigenvalue weighted by atomic mass is 15.3. The smallest absolute Gasteiger partial charge is 0.161 e. The van der Waals surface area contributed by atoms with Gasteiger partial charge in [0.2, 0.25) is 0 Å². The van der Waals surface area contributed by atoms with Crippen molar-refractivity contribution < 1.29 is 0 Å². The van der Waals surface area contributed by atoms with Crippen molar-refractivity contribution in [3.63, 3.8) is 0 Å². The summed E-state index contributed by atoms with van der Waals surface area (Å²) in [7, 11) is 0. The molecule has 2 N–H and O–H groups in total. The van der Waals surface area contributed by atoms with Gasteiger partial charge in [0.05, 0.1) is 11.6 Å². The van der Waals surface area contributed by atoms with Crippen LogP contribution in [0.3, 0.4) is 0 Å². The van der Waals surface area contributed by atoms with E-state index < -0.39 is 0 Å². The van der Waals surface area contributed by atoms with Crippen LogP contribution in [0.2, 0.25) is 0 Å². The maximum absolute atomic E-state index is 4.55. The van der Waals surface area contributed by atoms with Crippen LogP contribution in [0.15, 0.2) is 6.20 Å². The van der Waals surface area contributed by atoms with E-state index in [0.29, 0.717) is 6.04 Å². The van der Waals surface area contributed by atoms with Gasteiger partial charge in [0.25, 0.3) is 0 Å². The summed E-state index contributed by atoms with van der Waals surface area (Å²) in [5.74, 6) is 1.61. The minimum Gasteiger partial charge on any atom is -0.368 e. The summed E-state index contributed by atoms with van der Waals surface area (Å²) < 4.78 is 0. The van der Waals surface area contributed by atoms with E-state index in [1.165, 1.54) is 0 Å². The molecule has 0 amide bonds. The number of anilines is 1. The van der Waals surface area contributed by atoms with Crippen LogP contribution in [0.1, 0.15) is 33.5 Å². The van der Waals surface area contributed by atoms with Crippen molar-refractivity contribution in [2.75, 3.05) is 38.0 Å². The lowest BCUT2D eigenvalue weighted by Crippen LogP contribution is -2.58. The summed E-state index contributed by atoms with van der Waals surface area (Å²) in [6.45, 7) is 16.4. The van der Waals surface area contributed by atoms with E-state index in [4.69, 9.17) is 0 Å². The molecule has 7 heteroatoms. The number of fused-ring (bicyclic) bond motifs is 1. The topological polar surface area (TPSA) is 73.0 Å². The normalized spacial score (nSPS) is 17.8. The number of hydrogen-bond acceptors (Lipinski definition) is 6. The molecule has 24 heavy (non-hydrogen) atoms. The Morgan fingerprint density at radius 1 is 1.21 bits per heavy atom. The molecule has 2 aromatic heterocycles. The maximum atomic E-state index is 4.55. The first-order valence-corrected chi connectivity index (χ1v) is 8.77. The summed E-state index contributed by atoms with van der Waals surface area (Å²) in [6, 6.07) is 0.631. The largest absolute Gasteiger partial charge is 0.368 e. The van der Waals surface area contributed by atoms with E-state index in [0.717, 1.165) is 55.4 Å². The van der Waals surface area contributed by atoms with Gasteiger partial charge in [-0.3, -0.25) is 14.9 Å². The van der Waals surface area contributed by atoms with Gasteiger partial charge in [0.15, 0.2) is 5.65 Å². The fraction of sp³-hybridized carbons (Fsp3) is 0.706. The van der Waals surface area contributed by atoms with E-state index in [-0.39, 0.29) is 5.54 Å². The summed E-state index contributed by atoms with van der Waals surface area (Å²) in [5.41, 5.74) is 0.853. The van der Waals surface area contributed by atoms with Crippen molar-refractivity contribution in [2.45, 2.75) is 46.2 Å². The Balaban J connectivity index is 1.65. The highest BCUT2D eigenvalue weighted by Crippen LogP contribution is 2.22. The number of aryl methyl sites for hydroxylation is 1. The average Bonchev–Trinajstić information content (AvgIpc) is 3.01. The minimum absolute atomic E-state index is 0.0674. The lowest BCUT2D eigenvalue weighted by atomic mass is 10.0. The van der Waals surface area contributed by atoms with E-state index >= 15 is 0 Å². The Labute approximate surface area is 143 Å². The Morgan fingerprint density at radius 3 is 2.58 bits per heavy atom. The summed E-state index contributed by atoms with van der Waals surface area (Å²) in [4.78, 5) is 14.0. The molecule has 0 spiro atoms. The molecule has 0 bridgehead atoms. The predicted molar refractivity (Wildman–Crippen MR) is 97.3 cm³/mol. The highest BCUT2D eigenvalue weighted by Gasteiger charge is 2.30. The van der Waals surface area contributed by atoms with Crippen LogP contribution in [0, 0.1) is 6.92 Å². The van der Waals surface area contributed by atoms with Crippen LogP contribution < -0.4 is 5.32 Å². The number of nitrogens with one attached hydrogen (secondary N) is 2. The summed E-state index contributed by atoms with van der Waals surface area (Å²) in [5, 5.41) is 11.5. The molecule has 1 fully saturated rings. The number of rotatable bonds is 5. The van der Waals surface area contributed by atoms with Gasteiger partial charge in [-0.25, -0.2) is 9.97 Å². The standard InChI is InChI=1S/C17H29N7/c1-12(2)23-6-8-24(9-7-23)17(4,5)11-18-15-14-10-19-22-16(14)21-13(3)20-15/h10,12H,6-9,11H2,1-5H3,(H2,18,19,20,21,22). The second-order valence-corrected chi connectivity index (χ2v) is 7.53. The number of aromatic amines is 1. The third-order valence-corrected chi connectivity index (χ3v) is 5.01. The highest BCUT2D eigenvalue weighted by molar-refractivity contribution is 5.85. The fourth-order valence-electron chi connectivity index (χ4n) is 3.34. The number of hydrogen-bond donors (Lipinski definition) is 2. The van der Waals surface area contributed by atoms with Gasteiger partial charge in [-0.2, -0.15) is 5.10 Å². The first-order valence-electron chi connectivity index (χ1n) is 8.77. The Morgan fingerprint density at radius 2 is 1.92 bits per heavy atom. The quantitative estimate of drug-likeness (QED) is 0.871. The number of aromatic nitrogens is 4. The molecule has 1 saturated heterocycles. The molecular weight excluding hydrogens is 302 g/mol. The Bertz CT molecular complexity index is 683. The van der Waals surface area contributed by atoms with Gasteiger partial charge in [-0.05, 0) is 34.6 Å². The molecule has 0 atom stereocenters. The molecule has 0 radical (unpaired) electrons. The van der Waals surface area contributed by atoms with Crippen molar-refractivity contribution in [3.05, 3.63) is 12.0 Å². The van der Waals surface area contributed by atoms with Crippen molar-refractivity contribution in [1.29, 1.82) is 0 Å². The molecule has 1 aliphatic heterocycles. The molecule has 0 saturated carbocycles. The zero-order valence-electron chi connectivity index (χ0n) is 15.4. The fourth-order valence-corrected chi connectivity index (χ4v) is 3.34. The van der Waals surface area contributed by atoms with Gasteiger partial charge in [0, 0.05) is 44.3 Å². The Hall–Kier alpha value is -1.73. The molecule has 2 aromatic rings. The van der Waals surface area contributed by atoms with E-state index in [2.05, 4.69) is 63.0 Å². The second-order valence-electron chi connectivity index (χ2n) is 7.53. The predicted octanol–water partition coefficient (Wildman–Crippen LogP) is 1.88. The number of nitrogens with zero attached hydrogens (tertiary/aromatic N) is 5. The minimum atomic E-state index is 0.0674. The van der Waals surface area contributed by atoms with Gasteiger partial charge in [0.1, 0.15) is 11.6 Å². The van der Waals surface area contributed by atoms with Crippen molar-refractivity contribution in [3.8, 4) is 0 Å². The molecule has 7 nitrogen and oxygen atoms in total. The Kier molecular flexibility index (Phi) is 4.73. The zero-order chi connectivity index (χ0) is 17.3. The van der Waals surface area contributed by atoms with Crippen LogP contribution in [-0.4, -0.2) is 74.3 Å². The van der Waals surface area contributed by atoms with Crippen LogP contribution in [-0.2, 0) is 0 Å². The van der Waals surface area contributed by atoms with Crippen molar-refractivity contribution in [1.82, 2.24) is 30.0 Å². The van der Waals surface area contributed by atoms with Crippen LogP contribution >= 0.6 is 0 Å². The van der Waals surface area contributed by atoms with Crippen LogP contribution in [0.5, 0.6) is 0 Å². The molecule has 0 aromatic carbocycles. The zero-order valence-corrected chi connectivity index (χ0v) is 15.4. The lowest BCUT2D eigenvalue weighted by Gasteiger charge is -2.45. The summed E-state index contributed by atoms with van der Waals surface area (Å²) >= 11 is 0. The lowest BCUT2D eigenvalue weighted by molar-refractivity contribution is 0.0463. The number of H-pyrrole nitrogens is 1. The van der Waals surface area contributed by atoms with E-state index in [1.54, 1.807) is 6.20 Å². The molecular formula is C17H29N7. The van der Waals surface area contributed by atoms with Gasteiger partial charge in [-0.15, -0.1) is 0 Å². The second kappa shape index (κ2) is 6.64. The van der Waals surface area contributed by atoms with Gasteiger partial charge >= 0.3 is 0 Å². The van der Waals surface area contributed by atoms with Crippen LogP contribution in [0.4, 0.5) is 5.82 Å². The first-order chi connectivity index (χ1) is 11.4. The third kappa shape index (κ3) is 3.52. The van der Waals surface area contributed by atoms with E-state index in [9.17, 15) is 0 Å². The SMILES string of the molecule is Cc1nc(NCC(C)(C)N2CCN(C(C)C)CC2)c2cn[nH]c2n1. The molecule has 0 unspecified atom stereocenters. The molecule has 132 valence electrons. The molecule has 1 aliphatic rings. The van der Waals surface area contributed by atoms with E-state index in [1.807, 2.05) is 6.92 Å². The van der Waals surface area contributed by atoms with Crippen molar-refractivity contribution >= 4 is 16.9 Å². The van der Waals surface area contributed by atoms with Gasteiger partial charge in [-0.1, -0.05) is 0 Å². The first kappa shape index (κ1) is 17.1. The molecule has 3 rings (SSSR count). The third-order valence-electron chi connectivity index (χ3n) is 5.01.